The molecule has 0 aliphatic carbocycles. The van der Waals surface area contributed by atoms with Crippen molar-refractivity contribution >= 4 is 47.7 Å². The van der Waals surface area contributed by atoms with E-state index in [1.54, 1.807) is 73.7 Å². The number of halogens is 4. The summed E-state index contributed by atoms with van der Waals surface area (Å²) in [5, 5.41) is 3.11. The normalized spacial score (nSPS) is 13.3. The van der Waals surface area contributed by atoms with Gasteiger partial charge < -0.3 is 24.3 Å². The molecule has 2 heterocycles. The van der Waals surface area contributed by atoms with E-state index in [0.29, 0.717) is 47.3 Å². The minimum Gasteiger partial charge on any atom is -0.496 e. The van der Waals surface area contributed by atoms with Crippen molar-refractivity contribution in [2.75, 3.05) is 19.0 Å². The smallest absolute Gasteiger partial charge is 0.417 e. The van der Waals surface area contributed by atoms with Crippen LogP contribution in [0.4, 0.5) is 23.7 Å². The molecule has 0 saturated carbocycles. The number of aromatic nitrogens is 2. The van der Waals surface area contributed by atoms with E-state index in [2.05, 4.69) is 10.3 Å². The van der Waals surface area contributed by atoms with Crippen molar-refractivity contribution in [1.29, 1.82) is 0 Å². The van der Waals surface area contributed by atoms with Crippen LogP contribution in [0.3, 0.4) is 0 Å². The summed E-state index contributed by atoms with van der Waals surface area (Å²) in [6.07, 6.45) is -1.45. The van der Waals surface area contributed by atoms with Crippen LogP contribution in [0.5, 0.6) is 5.75 Å². The molecule has 0 atom stereocenters. The summed E-state index contributed by atoms with van der Waals surface area (Å²) in [7, 11) is 3.02. The van der Waals surface area contributed by atoms with Crippen LogP contribution in [-0.2, 0) is 30.9 Å². The van der Waals surface area contributed by atoms with E-state index in [4.69, 9.17) is 21.1 Å². The maximum Gasteiger partial charge on any atom is 0.417 e. The zero-order chi connectivity index (χ0) is 36.5. The van der Waals surface area contributed by atoms with Gasteiger partial charge in [0.1, 0.15) is 11.4 Å². The molecular weight excluding hydrogens is 673 g/mol. The monoisotopic (exact) mass is 708 g/mol. The molecule has 1 aliphatic heterocycles. The third kappa shape index (κ3) is 7.55. The highest BCUT2D eigenvalue weighted by atomic mass is 35.5. The Labute approximate surface area is 292 Å². The lowest BCUT2D eigenvalue weighted by Gasteiger charge is -2.29. The summed E-state index contributed by atoms with van der Waals surface area (Å²) in [4.78, 5) is 43.6. The molecule has 0 spiro atoms. The van der Waals surface area contributed by atoms with Gasteiger partial charge in [-0.3, -0.25) is 9.59 Å². The molecule has 2 amide bonds. The van der Waals surface area contributed by atoms with Crippen molar-refractivity contribution in [1.82, 2.24) is 14.5 Å². The van der Waals surface area contributed by atoms with E-state index in [1.807, 2.05) is 13.0 Å². The van der Waals surface area contributed by atoms with Crippen molar-refractivity contribution in [3.8, 4) is 16.9 Å². The molecule has 0 radical (unpaired) electrons. The molecule has 3 aromatic carbocycles. The minimum atomic E-state index is -4.70. The Balaban J connectivity index is 1.40. The number of carbonyl (C=O) groups is 3. The van der Waals surface area contributed by atoms with Crippen molar-refractivity contribution in [2.45, 2.75) is 52.4 Å². The van der Waals surface area contributed by atoms with Gasteiger partial charge in [-0.25, -0.2) is 9.78 Å². The van der Waals surface area contributed by atoms with Gasteiger partial charge in [-0.05, 0) is 68.1 Å². The molecule has 0 bridgehead atoms. The van der Waals surface area contributed by atoms with E-state index in [9.17, 15) is 27.6 Å². The Morgan fingerprint density at radius 1 is 1.00 bits per heavy atom. The number of nitrogens with one attached hydrogen (secondary N) is 1. The molecule has 9 nitrogen and oxygen atoms in total. The number of rotatable bonds is 7. The Morgan fingerprint density at radius 2 is 1.68 bits per heavy atom. The zero-order valence-electron chi connectivity index (χ0n) is 28.4. The second-order valence-electron chi connectivity index (χ2n) is 12.8. The number of aldehydes is 1. The van der Waals surface area contributed by atoms with Crippen LogP contribution < -0.4 is 10.1 Å². The first kappa shape index (κ1) is 36.2. The van der Waals surface area contributed by atoms with Gasteiger partial charge in [0, 0.05) is 31.3 Å². The second kappa shape index (κ2) is 14.0. The highest BCUT2D eigenvalue weighted by molar-refractivity contribution is 6.36. The minimum absolute atomic E-state index is 0.0252. The Kier molecular flexibility index (Phi) is 10.2. The van der Waals surface area contributed by atoms with Crippen molar-refractivity contribution in [3.63, 3.8) is 0 Å². The number of fused-ring (bicyclic) bond motifs is 1. The number of anilines is 1. The van der Waals surface area contributed by atoms with E-state index < -0.39 is 29.3 Å². The fraction of sp³-hybridized carbons (Fsp3) is 0.297. The first-order chi connectivity index (χ1) is 23.5. The summed E-state index contributed by atoms with van der Waals surface area (Å²) in [6.45, 7) is 7.84. The highest BCUT2D eigenvalue weighted by Gasteiger charge is 2.34. The molecule has 0 unspecified atom stereocenters. The van der Waals surface area contributed by atoms with E-state index in [1.165, 1.54) is 19.3 Å². The van der Waals surface area contributed by atoms with Crippen molar-refractivity contribution in [3.05, 3.63) is 98.6 Å². The van der Waals surface area contributed by atoms with Crippen LogP contribution >= 0.6 is 11.6 Å². The molecule has 1 aromatic heterocycles. The highest BCUT2D eigenvalue weighted by Crippen LogP contribution is 2.39. The third-order valence-electron chi connectivity index (χ3n) is 8.30. The number of ether oxygens (including phenoxy) is 2. The summed E-state index contributed by atoms with van der Waals surface area (Å²) in [6, 6.07) is 12.5. The van der Waals surface area contributed by atoms with Crippen LogP contribution in [0.25, 0.3) is 23.3 Å². The zero-order valence-corrected chi connectivity index (χ0v) is 29.1. The standard InChI is InChI=1S/C37H36ClF3N4O5/c1-21-22(13-14-23-18-31(49-6)24(20-46)17-27(23)37(39,40)41)9-7-10-25(21)26-11-8-12-28(32(26)38)43-34(47)33-42-29-19-45(16-15-30(29)44(33)5)35(48)50-36(2,3)4/h7-14,17-18,20H,15-16,19H2,1-6H3,(H,43,47)/b14-13+. The summed E-state index contributed by atoms with van der Waals surface area (Å²) in [5.74, 6) is -0.311. The molecule has 5 rings (SSSR count). The first-order valence-corrected chi connectivity index (χ1v) is 16.0. The number of imidazole rings is 1. The van der Waals surface area contributed by atoms with Crippen molar-refractivity contribution in [2.24, 2.45) is 7.05 Å². The SMILES string of the molecule is COc1cc(/C=C/c2cccc(-c3cccc(NC(=O)c4nc5c(n4C)CCN(C(=O)OC(C)(C)C)C5)c3Cl)c2C)c(C(F)(F)F)cc1C=O. The number of nitrogens with zero attached hydrogens (tertiary/aromatic N) is 3. The fourth-order valence-corrected chi connectivity index (χ4v) is 6.07. The number of hydrogen-bond donors (Lipinski definition) is 1. The molecule has 1 aliphatic rings. The molecule has 1 N–H and O–H groups in total. The van der Waals surface area contributed by atoms with Gasteiger partial charge in [0.05, 0.1) is 41.2 Å². The molecule has 50 heavy (non-hydrogen) atoms. The quantitative estimate of drug-likeness (QED) is 0.152. The predicted octanol–water partition coefficient (Wildman–Crippen LogP) is 8.60. The lowest BCUT2D eigenvalue weighted by Crippen LogP contribution is -2.40. The number of alkyl halides is 3. The van der Waals surface area contributed by atoms with E-state index >= 15 is 0 Å². The molecule has 4 aromatic rings. The molecular formula is C37H36ClF3N4O5. The summed E-state index contributed by atoms with van der Waals surface area (Å²) >= 11 is 6.87. The van der Waals surface area contributed by atoms with Crippen LogP contribution in [0.2, 0.25) is 5.02 Å². The number of benzene rings is 3. The number of methoxy groups -OCH3 is 1. The Hall–Kier alpha value is -5.10. The van der Waals surface area contributed by atoms with Crippen LogP contribution in [0.1, 0.15) is 75.4 Å². The number of carbonyl (C=O) groups excluding carboxylic acids is 3. The number of hydrogen-bond acceptors (Lipinski definition) is 6. The Bertz CT molecular complexity index is 2010. The van der Waals surface area contributed by atoms with E-state index in [-0.39, 0.29) is 34.3 Å². The average Bonchev–Trinajstić information content (AvgIpc) is 3.39. The van der Waals surface area contributed by atoms with Gasteiger partial charge in [0.2, 0.25) is 0 Å². The van der Waals surface area contributed by atoms with Crippen molar-refractivity contribution < 1.29 is 37.0 Å². The lowest BCUT2D eigenvalue weighted by atomic mass is 9.95. The third-order valence-corrected chi connectivity index (χ3v) is 8.71. The predicted molar refractivity (Wildman–Crippen MR) is 185 cm³/mol. The van der Waals surface area contributed by atoms with E-state index in [0.717, 1.165) is 17.3 Å². The molecule has 0 saturated heterocycles. The van der Waals surface area contributed by atoms with Gasteiger partial charge >= 0.3 is 12.3 Å². The largest absolute Gasteiger partial charge is 0.496 e. The van der Waals surface area contributed by atoms with Gasteiger partial charge in [0.25, 0.3) is 5.91 Å². The maximum absolute atomic E-state index is 13.9. The van der Waals surface area contributed by atoms with Crippen LogP contribution in [0, 0.1) is 6.92 Å². The lowest BCUT2D eigenvalue weighted by molar-refractivity contribution is -0.137. The second-order valence-corrected chi connectivity index (χ2v) is 13.2. The Morgan fingerprint density at radius 3 is 2.34 bits per heavy atom. The van der Waals surface area contributed by atoms with Crippen LogP contribution in [-0.4, -0.2) is 52.0 Å². The fourth-order valence-electron chi connectivity index (χ4n) is 5.80. The molecule has 262 valence electrons. The average molecular weight is 709 g/mol. The molecule has 13 heteroatoms. The van der Waals surface area contributed by atoms with Gasteiger partial charge in [-0.1, -0.05) is 54.1 Å². The topological polar surface area (TPSA) is 103 Å². The summed E-state index contributed by atoms with van der Waals surface area (Å²) < 4.78 is 54.0. The van der Waals surface area contributed by atoms with Gasteiger partial charge in [0.15, 0.2) is 12.1 Å². The van der Waals surface area contributed by atoms with Crippen LogP contribution in [0.15, 0.2) is 48.5 Å². The number of amides is 2. The summed E-state index contributed by atoms with van der Waals surface area (Å²) in [5.41, 5.74) is 2.46. The van der Waals surface area contributed by atoms with Gasteiger partial charge in [-0.2, -0.15) is 13.2 Å². The van der Waals surface area contributed by atoms with Gasteiger partial charge in [-0.15, -0.1) is 0 Å². The first-order valence-electron chi connectivity index (χ1n) is 15.7. The maximum atomic E-state index is 13.9. The molecule has 0 fully saturated rings.